The number of anilines is 1. The molecule has 2 unspecified atom stereocenters. The zero-order chi connectivity index (χ0) is 17.1. The highest BCUT2D eigenvalue weighted by Crippen LogP contribution is 2.37. The van der Waals surface area contributed by atoms with E-state index < -0.39 is 0 Å². The van der Waals surface area contributed by atoms with Crippen molar-refractivity contribution in [1.82, 2.24) is 4.90 Å². The van der Waals surface area contributed by atoms with Gasteiger partial charge in [0.2, 0.25) is 0 Å². The lowest BCUT2D eigenvalue weighted by Crippen LogP contribution is -2.21. The molecule has 2 N–H and O–H groups in total. The van der Waals surface area contributed by atoms with Gasteiger partial charge in [-0.3, -0.25) is 9.69 Å². The van der Waals surface area contributed by atoms with Crippen molar-refractivity contribution >= 4 is 11.5 Å². The number of benzene rings is 2. The first-order chi connectivity index (χ1) is 11.6. The fraction of sp³-hybridized carbons (Fsp3) is 0.381. The molecular formula is C21H26N2O. The molecule has 1 aliphatic rings. The molecule has 1 saturated heterocycles. The van der Waals surface area contributed by atoms with Gasteiger partial charge in [-0.05, 0) is 55.1 Å². The van der Waals surface area contributed by atoms with E-state index in [0.29, 0.717) is 12.3 Å². The van der Waals surface area contributed by atoms with Crippen molar-refractivity contribution in [3.63, 3.8) is 0 Å². The normalized spacial score (nSPS) is 21.3. The Morgan fingerprint density at radius 2 is 1.67 bits per heavy atom. The summed E-state index contributed by atoms with van der Waals surface area (Å²) in [5.74, 6) is 0.411. The van der Waals surface area contributed by atoms with E-state index in [4.69, 9.17) is 5.73 Å². The quantitative estimate of drug-likeness (QED) is 0.855. The van der Waals surface area contributed by atoms with E-state index in [2.05, 4.69) is 48.2 Å². The number of likely N-dealkylation sites (tertiary alicyclic amines) is 1. The molecule has 126 valence electrons. The Hall–Kier alpha value is -2.13. The molecule has 2 aromatic carbocycles. The number of nitrogens with zero attached hydrogens (tertiary/aromatic N) is 1. The Bertz CT molecular complexity index is 691. The van der Waals surface area contributed by atoms with Gasteiger partial charge in [0.15, 0.2) is 5.78 Å². The number of carbonyl (C=O) groups excluding carboxylic acids is 1. The van der Waals surface area contributed by atoms with Gasteiger partial charge < -0.3 is 5.73 Å². The highest BCUT2D eigenvalue weighted by atomic mass is 16.1. The van der Waals surface area contributed by atoms with Crippen LogP contribution in [0, 0.1) is 5.92 Å². The Labute approximate surface area is 144 Å². The summed E-state index contributed by atoms with van der Waals surface area (Å²) in [5.41, 5.74) is 10.4. The molecule has 1 aliphatic heterocycles. The van der Waals surface area contributed by atoms with E-state index in [9.17, 15) is 4.79 Å². The van der Waals surface area contributed by atoms with E-state index in [0.717, 1.165) is 24.9 Å². The highest BCUT2D eigenvalue weighted by Gasteiger charge is 2.39. The van der Waals surface area contributed by atoms with Gasteiger partial charge in [-0.25, -0.2) is 0 Å². The number of nitrogens with two attached hydrogens (primary N) is 1. The van der Waals surface area contributed by atoms with E-state index in [1.54, 1.807) is 0 Å². The van der Waals surface area contributed by atoms with Crippen LogP contribution in [0.4, 0.5) is 5.69 Å². The Balaban J connectivity index is 1.73. The largest absolute Gasteiger partial charge is 0.399 e. The average Bonchev–Trinajstić information content (AvgIpc) is 2.88. The first kappa shape index (κ1) is 16.7. The van der Waals surface area contributed by atoms with Crippen molar-refractivity contribution in [3.05, 3.63) is 65.2 Å². The van der Waals surface area contributed by atoms with Crippen LogP contribution < -0.4 is 5.73 Å². The smallest absolute Gasteiger partial charge is 0.151 e. The van der Waals surface area contributed by atoms with Gasteiger partial charge in [-0.2, -0.15) is 0 Å². The van der Waals surface area contributed by atoms with Crippen molar-refractivity contribution < 1.29 is 4.79 Å². The van der Waals surface area contributed by atoms with Crippen LogP contribution in [0.25, 0.3) is 0 Å². The van der Waals surface area contributed by atoms with Gasteiger partial charge in [-0.1, -0.05) is 43.3 Å². The molecule has 1 fully saturated rings. The predicted molar refractivity (Wildman–Crippen MR) is 98.9 cm³/mol. The van der Waals surface area contributed by atoms with Crippen molar-refractivity contribution in [3.8, 4) is 0 Å². The summed E-state index contributed by atoms with van der Waals surface area (Å²) in [6.45, 7) is 2.70. The minimum Gasteiger partial charge on any atom is -0.399 e. The molecule has 0 aliphatic carbocycles. The average molecular weight is 322 g/mol. The number of hydrogen-bond acceptors (Lipinski definition) is 3. The molecule has 0 spiro atoms. The second-order valence-corrected chi connectivity index (χ2v) is 6.81. The predicted octanol–water partition coefficient (Wildman–Crippen LogP) is 3.64. The number of likely N-dealkylation sites (N-methyl/N-ethyl adjacent to an activating group) is 1. The zero-order valence-corrected chi connectivity index (χ0v) is 14.5. The summed E-state index contributed by atoms with van der Waals surface area (Å²) < 4.78 is 0. The van der Waals surface area contributed by atoms with Gasteiger partial charge in [0.05, 0.1) is 6.54 Å². The van der Waals surface area contributed by atoms with E-state index in [1.165, 1.54) is 16.7 Å². The molecule has 3 heteroatoms. The SMILES string of the molecule is CCc1ccc(CCC2C(=O)CN(C)C2c2ccc(N)cc2)cc1. The van der Waals surface area contributed by atoms with Crippen LogP contribution in [0.3, 0.4) is 0 Å². The van der Waals surface area contributed by atoms with E-state index >= 15 is 0 Å². The monoisotopic (exact) mass is 322 g/mol. The number of Topliss-reactive ketones (excluding diaryl/α,β-unsaturated/α-hetero) is 1. The lowest BCUT2D eigenvalue weighted by molar-refractivity contribution is -0.120. The molecule has 3 rings (SSSR count). The molecule has 0 aromatic heterocycles. The highest BCUT2D eigenvalue weighted by molar-refractivity contribution is 5.86. The van der Waals surface area contributed by atoms with Crippen molar-refractivity contribution in [2.45, 2.75) is 32.2 Å². The van der Waals surface area contributed by atoms with Crippen LogP contribution in [-0.2, 0) is 17.6 Å². The number of carbonyl (C=O) groups is 1. The van der Waals surface area contributed by atoms with Crippen LogP contribution in [-0.4, -0.2) is 24.3 Å². The molecule has 3 nitrogen and oxygen atoms in total. The second kappa shape index (κ2) is 7.18. The molecule has 0 bridgehead atoms. The Morgan fingerprint density at radius 3 is 2.29 bits per heavy atom. The standard InChI is InChI=1S/C21H26N2O/c1-3-15-4-6-16(7-5-15)8-13-19-20(24)14-23(2)21(19)17-9-11-18(22)12-10-17/h4-7,9-12,19,21H,3,8,13-14,22H2,1-2H3. The molecule has 1 heterocycles. The van der Waals surface area contributed by atoms with Gasteiger partial charge >= 0.3 is 0 Å². The fourth-order valence-electron chi connectivity index (χ4n) is 3.71. The van der Waals surface area contributed by atoms with Gasteiger partial charge in [0.25, 0.3) is 0 Å². The van der Waals surface area contributed by atoms with Crippen molar-refractivity contribution in [2.75, 3.05) is 19.3 Å². The lowest BCUT2D eigenvalue weighted by Gasteiger charge is -2.24. The number of nitrogen functional groups attached to an aromatic ring is 1. The third-order valence-electron chi connectivity index (χ3n) is 5.13. The molecule has 2 atom stereocenters. The van der Waals surface area contributed by atoms with E-state index in [1.807, 2.05) is 19.2 Å². The van der Waals surface area contributed by atoms with Crippen LogP contribution in [0.2, 0.25) is 0 Å². The summed E-state index contributed by atoms with van der Waals surface area (Å²) in [6, 6.07) is 16.9. The number of hydrogen-bond donors (Lipinski definition) is 1. The third kappa shape index (κ3) is 3.51. The minimum atomic E-state index is 0.0597. The first-order valence-electron chi connectivity index (χ1n) is 8.74. The lowest BCUT2D eigenvalue weighted by atomic mass is 9.88. The summed E-state index contributed by atoms with van der Waals surface area (Å²) in [4.78, 5) is 14.7. The molecule has 24 heavy (non-hydrogen) atoms. The summed E-state index contributed by atoms with van der Waals surface area (Å²) in [6.07, 6.45) is 2.90. The topological polar surface area (TPSA) is 46.3 Å². The van der Waals surface area contributed by atoms with Crippen LogP contribution in [0.5, 0.6) is 0 Å². The maximum absolute atomic E-state index is 12.5. The number of rotatable bonds is 5. The van der Waals surface area contributed by atoms with Gasteiger partial charge in [-0.15, -0.1) is 0 Å². The Kier molecular flexibility index (Phi) is 5.00. The maximum atomic E-state index is 12.5. The number of ketones is 1. The molecule has 0 saturated carbocycles. The maximum Gasteiger partial charge on any atom is 0.151 e. The first-order valence-corrected chi connectivity index (χ1v) is 8.74. The van der Waals surface area contributed by atoms with Crippen LogP contribution >= 0.6 is 0 Å². The third-order valence-corrected chi connectivity index (χ3v) is 5.13. The van der Waals surface area contributed by atoms with Crippen molar-refractivity contribution in [1.29, 1.82) is 0 Å². The fourth-order valence-corrected chi connectivity index (χ4v) is 3.71. The van der Waals surface area contributed by atoms with Crippen LogP contribution in [0.1, 0.15) is 36.1 Å². The zero-order valence-electron chi connectivity index (χ0n) is 14.5. The van der Waals surface area contributed by atoms with Gasteiger partial charge in [0, 0.05) is 17.6 Å². The second-order valence-electron chi connectivity index (χ2n) is 6.81. The molecule has 0 amide bonds. The number of aryl methyl sites for hydroxylation is 2. The summed E-state index contributed by atoms with van der Waals surface area (Å²) in [7, 11) is 2.04. The summed E-state index contributed by atoms with van der Waals surface area (Å²) in [5, 5.41) is 0. The van der Waals surface area contributed by atoms with Crippen molar-refractivity contribution in [2.24, 2.45) is 5.92 Å². The minimum absolute atomic E-state index is 0.0597. The van der Waals surface area contributed by atoms with Crippen LogP contribution in [0.15, 0.2) is 48.5 Å². The summed E-state index contributed by atoms with van der Waals surface area (Å²) >= 11 is 0. The molecule has 2 aromatic rings. The van der Waals surface area contributed by atoms with Gasteiger partial charge in [0.1, 0.15) is 0 Å². The Morgan fingerprint density at radius 1 is 1.04 bits per heavy atom. The molecule has 0 radical (unpaired) electrons. The van der Waals surface area contributed by atoms with E-state index in [-0.39, 0.29) is 12.0 Å². The molecular weight excluding hydrogens is 296 g/mol.